The molecule has 0 spiro atoms. The molecular weight excluding hydrogens is 344 g/mol. The van der Waals surface area contributed by atoms with Crippen LogP contribution in [0.1, 0.15) is 0 Å². The average Bonchev–Trinajstić information content (AvgIpc) is 0.722. The molecule has 0 aliphatic carbocycles. The first-order valence-corrected chi connectivity index (χ1v) is 16.7. The van der Waals surface area contributed by atoms with Gasteiger partial charge in [-0.3, -0.25) is 0 Å². The van der Waals surface area contributed by atoms with Gasteiger partial charge in [0.25, 0.3) is 0 Å². The molecule has 0 rings (SSSR count). The molecular formula is Br4Mg. The van der Waals surface area contributed by atoms with Gasteiger partial charge in [-0.25, -0.2) is 51.5 Å². The summed E-state index contributed by atoms with van der Waals surface area (Å²) in [6.07, 6.45) is 0. The summed E-state index contributed by atoms with van der Waals surface area (Å²) in [7, 11) is -1.81. The van der Waals surface area contributed by atoms with Crippen LogP contribution in [0.2, 0.25) is 0 Å². The number of hydrogen-bond donors (Lipinski definition) is 0. The maximum Gasteiger partial charge on any atom is 0.814 e. The molecule has 0 nitrogen and oxygen atoms in total. The molecule has 0 aliphatic heterocycles. The van der Waals surface area contributed by atoms with Gasteiger partial charge in [0.1, 0.15) is 0 Å². The molecule has 0 aromatic heterocycles. The minimum Gasteiger partial charge on any atom is -0.204 e. The van der Waals surface area contributed by atoms with Gasteiger partial charge in [0, 0.05) is 0 Å². The Balaban J connectivity index is 3.02. The zero-order valence-corrected chi connectivity index (χ0v) is 9.98. The fourth-order valence-electron chi connectivity index (χ4n) is 0. The summed E-state index contributed by atoms with van der Waals surface area (Å²) in [4.78, 5) is 0. The minimum absolute atomic E-state index is 1.81. The van der Waals surface area contributed by atoms with Crippen molar-refractivity contribution in [3.63, 3.8) is 0 Å². The summed E-state index contributed by atoms with van der Waals surface area (Å²) in [6.45, 7) is 0. The molecule has 5 heteroatoms. The Bertz CT molecular complexity index is 19.1. The molecule has 0 atom stereocenters. The summed E-state index contributed by atoms with van der Waals surface area (Å²) in [5.41, 5.74) is 0. The van der Waals surface area contributed by atoms with Crippen LogP contribution in [-0.2, 0) is 0 Å². The smallest absolute Gasteiger partial charge is 0.204 e. The van der Waals surface area contributed by atoms with Crippen LogP contribution in [0.5, 0.6) is 0 Å². The van der Waals surface area contributed by atoms with E-state index in [1.54, 1.807) is 0 Å². The van der Waals surface area contributed by atoms with Gasteiger partial charge in [-0.2, -0.15) is 0 Å². The first-order chi connectivity index (χ1) is 2.00. The van der Waals surface area contributed by atoms with Crippen LogP contribution in [0.3, 0.4) is 0 Å². The molecule has 0 bridgehead atoms. The highest BCUT2D eigenvalue weighted by Gasteiger charge is 2.37. The fourth-order valence-corrected chi connectivity index (χ4v) is 0. The molecule has 2 radical (unpaired) electrons. The lowest BCUT2D eigenvalue weighted by Gasteiger charge is -1.76. The Morgan fingerprint density at radius 1 is 0.800 bits per heavy atom. The van der Waals surface area contributed by atoms with E-state index >= 15 is 0 Å². The van der Waals surface area contributed by atoms with Gasteiger partial charge in [0.05, 0.1) is 0 Å². The van der Waals surface area contributed by atoms with Crippen LogP contribution in [0.4, 0.5) is 0 Å². The number of halogens is 4. The molecule has 0 aliphatic rings. The predicted molar refractivity (Wildman–Crippen MR) is 41.5 cm³/mol. The summed E-state index contributed by atoms with van der Waals surface area (Å²) >= 11 is 13.3. The van der Waals surface area contributed by atoms with Crippen molar-refractivity contribution in [2.75, 3.05) is 0 Å². The SMILES string of the molecule is [Br][Mg]([Br])([Br])[Br]. The molecule has 0 saturated heterocycles. The van der Waals surface area contributed by atoms with Gasteiger partial charge in [0.2, 0.25) is 0 Å². The van der Waals surface area contributed by atoms with E-state index in [9.17, 15) is 0 Å². The van der Waals surface area contributed by atoms with Crippen LogP contribution in [-0.4, -0.2) is 8.99 Å². The first-order valence-electron chi connectivity index (χ1n) is 1.07. The normalized spacial score (nSPS) is 12.0. The molecule has 0 amide bonds. The summed E-state index contributed by atoms with van der Waals surface area (Å²) in [5.74, 6) is 0. The Labute approximate surface area is 59.2 Å². The Morgan fingerprint density at radius 3 is 0.800 bits per heavy atom. The first kappa shape index (κ1) is 7.69. The maximum absolute atomic E-state index is 3.32. The lowest BCUT2D eigenvalue weighted by molar-refractivity contribution is 4.79. The quantitative estimate of drug-likeness (QED) is 0.593. The molecule has 0 fully saturated rings. The lowest BCUT2D eigenvalue weighted by atomic mass is 24.2. The van der Waals surface area contributed by atoms with E-state index in [0.29, 0.717) is 0 Å². The second-order valence-corrected chi connectivity index (χ2v) is 49.1. The summed E-state index contributed by atoms with van der Waals surface area (Å²) in [5, 5.41) is 0. The third-order valence-corrected chi connectivity index (χ3v) is 0. The highest BCUT2D eigenvalue weighted by atomic mass is 80.0. The van der Waals surface area contributed by atoms with Gasteiger partial charge in [-0.15, -0.1) is 0 Å². The van der Waals surface area contributed by atoms with Crippen molar-refractivity contribution < 1.29 is 0 Å². The van der Waals surface area contributed by atoms with Crippen LogP contribution < -0.4 is 0 Å². The zero-order valence-electron chi connectivity index (χ0n) is 2.22. The fraction of sp³-hybridized carbons (Fsp3) is 0. The highest BCUT2D eigenvalue weighted by molar-refractivity contribution is 9.90. The van der Waals surface area contributed by atoms with E-state index in [2.05, 4.69) is 51.5 Å². The van der Waals surface area contributed by atoms with Crippen molar-refractivity contribution in [3.8, 4) is 0 Å². The largest absolute Gasteiger partial charge is 0.814 e. The number of rotatable bonds is 0. The second-order valence-electron chi connectivity index (χ2n) is 0.606. The molecule has 0 unspecified atom stereocenters. The second kappa shape index (κ2) is 2.87. The minimum atomic E-state index is -1.81. The predicted octanol–water partition coefficient (Wildman–Crippen LogP) is 3.00. The molecule has 0 N–H and O–H groups in total. The zero-order chi connectivity index (χ0) is 4.50. The standard InChI is InChI=1S/4BrH.Mg/h4*1H;/q;;;;+4/p-4. The summed E-state index contributed by atoms with van der Waals surface area (Å²) in [6, 6.07) is 0. The van der Waals surface area contributed by atoms with Gasteiger partial charge in [0.15, 0.2) is 0 Å². The average molecular weight is 344 g/mol. The van der Waals surface area contributed by atoms with E-state index < -0.39 is 8.99 Å². The van der Waals surface area contributed by atoms with Gasteiger partial charge >= 0.3 is 8.99 Å². The Kier molecular flexibility index (Phi) is 4.40. The van der Waals surface area contributed by atoms with Crippen LogP contribution in [0.25, 0.3) is 0 Å². The molecule has 0 aromatic carbocycles. The Hall–Kier alpha value is 2.69. The van der Waals surface area contributed by atoms with Crippen molar-refractivity contribution >= 4 is 60.5 Å². The van der Waals surface area contributed by atoms with E-state index in [4.69, 9.17) is 0 Å². The molecule has 0 heterocycles. The third kappa shape index (κ3) is 20.3. The summed E-state index contributed by atoms with van der Waals surface area (Å²) < 4.78 is 0. The lowest BCUT2D eigenvalue weighted by Crippen LogP contribution is -1.86. The van der Waals surface area contributed by atoms with E-state index in [0.717, 1.165) is 0 Å². The van der Waals surface area contributed by atoms with Crippen LogP contribution in [0, 0.1) is 0 Å². The van der Waals surface area contributed by atoms with Crippen molar-refractivity contribution in [3.05, 3.63) is 0 Å². The van der Waals surface area contributed by atoms with Crippen molar-refractivity contribution in [1.82, 2.24) is 0 Å². The molecule has 30 valence electrons. The van der Waals surface area contributed by atoms with Crippen LogP contribution >= 0.6 is 51.5 Å². The van der Waals surface area contributed by atoms with Gasteiger partial charge in [-0.05, 0) is 0 Å². The van der Waals surface area contributed by atoms with Crippen molar-refractivity contribution in [2.45, 2.75) is 0 Å². The topological polar surface area (TPSA) is 0 Å². The molecule has 0 saturated carbocycles. The molecule has 0 aromatic rings. The van der Waals surface area contributed by atoms with E-state index in [1.807, 2.05) is 0 Å². The number of hydrogen-bond acceptors (Lipinski definition) is 0. The maximum atomic E-state index is 3.32. The van der Waals surface area contributed by atoms with Crippen molar-refractivity contribution in [2.24, 2.45) is 0 Å². The Morgan fingerprint density at radius 2 is 0.800 bits per heavy atom. The van der Waals surface area contributed by atoms with E-state index in [-0.39, 0.29) is 0 Å². The highest BCUT2D eigenvalue weighted by Crippen LogP contribution is 2.33. The molecule has 5 heavy (non-hydrogen) atoms. The van der Waals surface area contributed by atoms with Crippen molar-refractivity contribution in [1.29, 1.82) is 0 Å². The van der Waals surface area contributed by atoms with Gasteiger partial charge in [-0.1, -0.05) is 0 Å². The van der Waals surface area contributed by atoms with Gasteiger partial charge < -0.3 is 0 Å². The van der Waals surface area contributed by atoms with E-state index in [1.165, 1.54) is 0 Å². The van der Waals surface area contributed by atoms with Crippen LogP contribution in [0.15, 0.2) is 0 Å². The third-order valence-electron chi connectivity index (χ3n) is 0. The monoisotopic (exact) mass is 340 g/mol.